The van der Waals surface area contributed by atoms with Gasteiger partial charge in [-0.2, -0.15) is 0 Å². The second kappa shape index (κ2) is 5.40. The number of rotatable bonds is 4. The summed E-state index contributed by atoms with van der Waals surface area (Å²) in [6.45, 7) is 2.27. The molecule has 1 amide bonds. The van der Waals surface area contributed by atoms with Gasteiger partial charge in [-0.3, -0.25) is 4.79 Å². The van der Waals surface area contributed by atoms with Crippen LogP contribution in [-0.4, -0.2) is 35.1 Å². The highest BCUT2D eigenvalue weighted by atomic mass is 16.3. The van der Waals surface area contributed by atoms with Gasteiger partial charge >= 0.3 is 0 Å². The number of carbonyl (C=O) groups excluding carboxylic acids is 1. The maximum atomic E-state index is 12.5. The number of hydrogen-bond donors (Lipinski definition) is 2. The van der Waals surface area contributed by atoms with Gasteiger partial charge in [0.1, 0.15) is 0 Å². The molecule has 0 atom stereocenters. The molecule has 98 valence electrons. The molecule has 0 aromatic heterocycles. The smallest absolute Gasteiger partial charge is 0.256 e. The first kappa shape index (κ1) is 12.9. The number of nitrogen functional groups attached to an aromatic ring is 1. The number of aliphatic hydroxyl groups is 1. The van der Waals surface area contributed by atoms with E-state index in [0.29, 0.717) is 17.8 Å². The average Bonchev–Trinajstić information content (AvgIpc) is 2.25. The van der Waals surface area contributed by atoms with Crippen molar-refractivity contribution in [2.24, 2.45) is 0 Å². The molecular formula is C14H20N2O2. The quantitative estimate of drug-likeness (QED) is 0.795. The van der Waals surface area contributed by atoms with E-state index in [0.717, 1.165) is 24.8 Å². The zero-order valence-electron chi connectivity index (χ0n) is 10.7. The summed E-state index contributed by atoms with van der Waals surface area (Å²) in [6.07, 6.45) is 3.21. The third kappa shape index (κ3) is 2.34. The van der Waals surface area contributed by atoms with Gasteiger partial charge in [0.25, 0.3) is 5.91 Å². The molecule has 1 aliphatic rings. The zero-order chi connectivity index (χ0) is 13.1. The minimum Gasteiger partial charge on any atom is -0.398 e. The van der Waals surface area contributed by atoms with Crippen molar-refractivity contribution in [2.45, 2.75) is 32.2 Å². The Hall–Kier alpha value is -1.55. The van der Waals surface area contributed by atoms with Crippen molar-refractivity contribution in [3.8, 4) is 0 Å². The Labute approximate surface area is 107 Å². The summed E-state index contributed by atoms with van der Waals surface area (Å²) >= 11 is 0. The van der Waals surface area contributed by atoms with Crippen LogP contribution >= 0.6 is 0 Å². The maximum absolute atomic E-state index is 12.5. The number of aliphatic hydroxyl groups excluding tert-OH is 1. The summed E-state index contributed by atoms with van der Waals surface area (Å²) in [7, 11) is 0. The summed E-state index contributed by atoms with van der Waals surface area (Å²) in [5.74, 6) is -0.0515. The third-order valence-electron chi connectivity index (χ3n) is 3.64. The van der Waals surface area contributed by atoms with E-state index in [4.69, 9.17) is 10.8 Å². The van der Waals surface area contributed by atoms with Gasteiger partial charge in [-0.1, -0.05) is 12.1 Å². The van der Waals surface area contributed by atoms with Crippen molar-refractivity contribution in [3.63, 3.8) is 0 Å². The van der Waals surface area contributed by atoms with Gasteiger partial charge in [0.15, 0.2) is 0 Å². The number of aryl methyl sites for hydroxylation is 1. The van der Waals surface area contributed by atoms with Crippen molar-refractivity contribution in [1.29, 1.82) is 0 Å². The molecule has 0 unspecified atom stereocenters. The van der Waals surface area contributed by atoms with E-state index in [-0.39, 0.29) is 18.6 Å². The molecule has 1 aromatic rings. The Bertz CT molecular complexity index is 421. The van der Waals surface area contributed by atoms with Gasteiger partial charge in [-0.15, -0.1) is 0 Å². The van der Waals surface area contributed by atoms with Crippen molar-refractivity contribution in [1.82, 2.24) is 4.90 Å². The number of carbonyl (C=O) groups is 1. The molecule has 1 aliphatic carbocycles. The molecule has 0 saturated heterocycles. The summed E-state index contributed by atoms with van der Waals surface area (Å²) < 4.78 is 0. The normalized spacial score (nSPS) is 15.2. The molecule has 0 bridgehead atoms. The summed E-state index contributed by atoms with van der Waals surface area (Å²) in [5, 5.41) is 9.11. The van der Waals surface area contributed by atoms with E-state index in [9.17, 15) is 4.79 Å². The molecular weight excluding hydrogens is 228 g/mol. The van der Waals surface area contributed by atoms with E-state index >= 15 is 0 Å². The Morgan fingerprint density at radius 1 is 1.50 bits per heavy atom. The van der Waals surface area contributed by atoms with Gasteiger partial charge in [0.2, 0.25) is 0 Å². The van der Waals surface area contributed by atoms with Crippen LogP contribution in [0.1, 0.15) is 35.2 Å². The van der Waals surface area contributed by atoms with E-state index in [1.165, 1.54) is 0 Å². The molecule has 4 nitrogen and oxygen atoms in total. The van der Waals surface area contributed by atoms with Gasteiger partial charge in [0.05, 0.1) is 12.2 Å². The fourth-order valence-corrected chi connectivity index (χ4v) is 2.38. The van der Waals surface area contributed by atoms with Crippen LogP contribution < -0.4 is 5.73 Å². The standard InChI is InChI=1S/C14H20N2O2/c1-10-4-2-7-12(15)13(10)14(18)16(8-9-17)11-5-3-6-11/h2,4,7,11,17H,3,5-6,8-9,15H2,1H3. The number of benzene rings is 1. The number of nitrogens with two attached hydrogens (primary N) is 1. The van der Waals surface area contributed by atoms with Crippen LogP contribution in [0.3, 0.4) is 0 Å². The molecule has 3 N–H and O–H groups in total. The Balaban J connectivity index is 2.27. The van der Waals surface area contributed by atoms with Crippen molar-refractivity contribution < 1.29 is 9.90 Å². The molecule has 0 spiro atoms. The SMILES string of the molecule is Cc1cccc(N)c1C(=O)N(CCO)C1CCC1. The predicted octanol–water partition coefficient (Wildman–Crippen LogP) is 1.56. The lowest BCUT2D eigenvalue weighted by atomic mass is 9.90. The second-order valence-corrected chi connectivity index (χ2v) is 4.85. The molecule has 2 rings (SSSR count). The van der Waals surface area contributed by atoms with Gasteiger partial charge in [-0.25, -0.2) is 0 Å². The lowest BCUT2D eigenvalue weighted by Gasteiger charge is -2.37. The Morgan fingerprint density at radius 3 is 2.72 bits per heavy atom. The van der Waals surface area contributed by atoms with E-state index in [1.807, 2.05) is 19.1 Å². The lowest BCUT2D eigenvalue weighted by Crippen LogP contribution is -2.46. The number of anilines is 1. The summed E-state index contributed by atoms with van der Waals surface area (Å²) in [5.41, 5.74) is 7.89. The Morgan fingerprint density at radius 2 is 2.22 bits per heavy atom. The van der Waals surface area contributed by atoms with Crippen molar-refractivity contribution >= 4 is 11.6 Å². The fraction of sp³-hybridized carbons (Fsp3) is 0.500. The van der Waals surface area contributed by atoms with Gasteiger partial charge < -0.3 is 15.7 Å². The second-order valence-electron chi connectivity index (χ2n) is 4.85. The number of amides is 1. The van der Waals surface area contributed by atoms with Gasteiger partial charge in [0, 0.05) is 18.3 Å². The minimum absolute atomic E-state index is 0.00593. The van der Waals surface area contributed by atoms with Gasteiger partial charge in [-0.05, 0) is 37.8 Å². The highest BCUT2D eigenvalue weighted by molar-refractivity contribution is 6.00. The first-order valence-electron chi connectivity index (χ1n) is 6.42. The van der Waals surface area contributed by atoms with Crippen LogP contribution in [-0.2, 0) is 0 Å². The molecule has 4 heteroatoms. The first-order valence-corrected chi connectivity index (χ1v) is 6.42. The molecule has 18 heavy (non-hydrogen) atoms. The number of hydrogen-bond acceptors (Lipinski definition) is 3. The molecule has 1 fully saturated rings. The molecule has 1 aromatic carbocycles. The first-order chi connectivity index (χ1) is 8.65. The highest BCUT2D eigenvalue weighted by Gasteiger charge is 2.30. The van der Waals surface area contributed by atoms with Crippen molar-refractivity contribution in [2.75, 3.05) is 18.9 Å². The van der Waals surface area contributed by atoms with Crippen molar-refractivity contribution in [3.05, 3.63) is 29.3 Å². The molecule has 0 heterocycles. The van der Waals surface area contributed by atoms with E-state index < -0.39 is 0 Å². The molecule has 0 radical (unpaired) electrons. The lowest BCUT2D eigenvalue weighted by molar-refractivity contribution is 0.0526. The fourth-order valence-electron chi connectivity index (χ4n) is 2.38. The van der Waals surface area contributed by atoms with E-state index in [1.54, 1.807) is 11.0 Å². The van der Waals surface area contributed by atoms with E-state index in [2.05, 4.69) is 0 Å². The number of nitrogens with zero attached hydrogens (tertiary/aromatic N) is 1. The van der Waals surface area contributed by atoms with Crippen LogP contribution in [0.4, 0.5) is 5.69 Å². The average molecular weight is 248 g/mol. The summed E-state index contributed by atoms with van der Waals surface area (Å²) in [4.78, 5) is 14.3. The predicted molar refractivity (Wildman–Crippen MR) is 71.4 cm³/mol. The zero-order valence-corrected chi connectivity index (χ0v) is 10.7. The topological polar surface area (TPSA) is 66.6 Å². The third-order valence-corrected chi connectivity index (χ3v) is 3.64. The Kier molecular flexibility index (Phi) is 3.87. The molecule has 1 saturated carbocycles. The minimum atomic E-state index is -0.0515. The monoisotopic (exact) mass is 248 g/mol. The highest BCUT2D eigenvalue weighted by Crippen LogP contribution is 2.28. The van der Waals surface area contributed by atoms with Crippen LogP contribution in [0.15, 0.2) is 18.2 Å². The largest absolute Gasteiger partial charge is 0.398 e. The summed E-state index contributed by atoms with van der Waals surface area (Å²) in [6, 6.07) is 5.75. The van der Waals surface area contributed by atoms with Crippen LogP contribution in [0, 0.1) is 6.92 Å². The maximum Gasteiger partial charge on any atom is 0.256 e. The van der Waals surface area contributed by atoms with Crippen LogP contribution in [0.5, 0.6) is 0 Å². The molecule has 0 aliphatic heterocycles. The van der Waals surface area contributed by atoms with Crippen LogP contribution in [0.25, 0.3) is 0 Å². The van der Waals surface area contributed by atoms with Crippen LogP contribution in [0.2, 0.25) is 0 Å².